The first-order valence-electron chi connectivity index (χ1n) is 9.74. The maximum Gasteiger partial charge on any atom is 0.255 e. The second kappa shape index (κ2) is 9.85. The van der Waals surface area contributed by atoms with Crippen LogP contribution < -0.4 is 20.1 Å². The first-order valence-corrected chi connectivity index (χ1v) is 10.1. The summed E-state index contributed by atoms with van der Waals surface area (Å²) in [4.78, 5) is 24.9. The Morgan fingerprint density at radius 1 is 1.03 bits per heavy atom. The summed E-state index contributed by atoms with van der Waals surface area (Å²) in [6.07, 6.45) is 0. The molecule has 0 aliphatic heterocycles. The van der Waals surface area contributed by atoms with Crippen LogP contribution in [0.15, 0.2) is 36.4 Å². The van der Waals surface area contributed by atoms with Crippen LogP contribution in [0.2, 0.25) is 5.02 Å². The first-order chi connectivity index (χ1) is 14.0. The molecule has 0 saturated carbocycles. The van der Waals surface area contributed by atoms with E-state index < -0.39 is 0 Å². The van der Waals surface area contributed by atoms with E-state index in [0.29, 0.717) is 45.9 Å². The van der Waals surface area contributed by atoms with E-state index in [1.54, 1.807) is 36.4 Å². The number of carbonyl (C=O) groups excluding carboxylic acids is 2. The highest BCUT2D eigenvalue weighted by Crippen LogP contribution is 2.37. The monoisotopic (exact) mass is 432 g/mol. The predicted molar refractivity (Wildman–Crippen MR) is 120 cm³/mol. The highest BCUT2D eigenvalue weighted by Gasteiger charge is 2.18. The fourth-order valence-electron chi connectivity index (χ4n) is 2.56. The van der Waals surface area contributed by atoms with Gasteiger partial charge in [0.25, 0.3) is 11.8 Å². The second-order valence-electron chi connectivity index (χ2n) is 8.43. The van der Waals surface area contributed by atoms with Crippen molar-refractivity contribution < 1.29 is 19.1 Å². The summed E-state index contributed by atoms with van der Waals surface area (Å²) < 4.78 is 11.1. The lowest BCUT2D eigenvalue weighted by molar-refractivity contribution is 0.0919. The number of anilines is 1. The van der Waals surface area contributed by atoms with Crippen molar-refractivity contribution in [2.24, 2.45) is 5.92 Å². The van der Waals surface area contributed by atoms with Gasteiger partial charge in [-0.05, 0) is 63.1 Å². The minimum absolute atomic E-state index is 0.172. The molecule has 2 N–H and O–H groups in total. The minimum Gasteiger partial charge on any atom is -0.493 e. The SMILES string of the molecule is COc1cc(C(=O)Nc2ccc(C(=O)NC(C)(C)C)cc2)cc(Cl)c1OCC(C)C. The third kappa shape index (κ3) is 6.66. The maximum absolute atomic E-state index is 12.7. The van der Waals surface area contributed by atoms with Crippen LogP contribution in [0.1, 0.15) is 55.3 Å². The Morgan fingerprint density at radius 3 is 2.20 bits per heavy atom. The number of benzene rings is 2. The van der Waals surface area contributed by atoms with Crippen LogP contribution in [-0.4, -0.2) is 31.1 Å². The van der Waals surface area contributed by atoms with Gasteiger partial charge in [0.2, 0.25) is 0 Å². The molecule has 2 rings (SSSR count). The number of carbonyl (C=O) groups is 2. The standard InChI is InChI=1S/C23H29ClN2O4/c1-14(2)13-30-20-18(24)11-16(12-19(20)29-6)21(27)25-17-9-7-15(8-10-17)22(28)26-23(3,4)5/h7-12,14H,13H2,1-6H3,(H,25,27)(H,26,28). The summed E-state index contributed by atoms with van der Waals surface area (Å²) in [5.41, 5.74) is 1.08. The lowest BCUT2D eigenvalue weighted by atomic mass is 10.1. The van der Waals surface area contributed by atoms with Gasteiger partial charge in [0.05, 0.1) is 18.7 Å². The predicted octanol–water partition coefficient (Wildman–Crippen LogP) is 5.16. The van der Waals surface area contributed by atoms with Gasteiger partial charge in [-0.15, -0.1) is 0 Å². The van der Waals surface area contributed by atoms with Crippen molar-refractivity contribution >= 4 is 29.1 Å². The van der Waals surface area contributed by atoms with Crippen LogP contribution in [-0.2, 0) is 0 Å². The maximum atomic E-state index is 12.7. The van der Waals surface area contributed by atoms with Crippen LogP contribution in [0.5, 0.6) is 11.5 Å². The Bertz CT molecular complexity index is 903. The van der Waals surface area contributed by atoms with Crippen molar-refractivity contribution in [3.63, 3.8) is 0 Å². The third-order valence-electron chi connectivity index (χ3n) is 3.95. The van der Waals surface area contributed by atoms with Crippen molar-refractivity contribution in [1.82, 2.24) is 5.32 Å². The van der Waals surface area contributed by atoms with Gasteiger partial charge in [0.15, 0.2) is 11.5 Å². The van der Waals surface area contributed by atoms with E-state index in [2.05, 4.69) is 10.6 Å². The molecule has 2 aromatic rings. The summed E-state index contributed by atoms with van der Waals surface area (Å²) in [6, 6.07) is 9.80. The molecule has 2 amide bonds. The molecule has 0 aromatic heterocycles. The summed E-state index contributed by atoms with van der Waals surface area (Å²) in [6.45, 7) is 10.3. The second-order valence-corrected chi connectivity index (χ2v) is 8.84. The zero-order valence-corrected chi connectivity index (χ0v) is 19.0. The quantitative estimate of drug-likeness (QED) is 0.633. The Hall–Kier alpha value is -2.73. The van der Waals surface area contributed by atoms with Gasteiger partial charge in [0.1, 0.15) is 0 Å². The van der Waals surface area contributed by atoms with Crippen LogP contribution in [0.4, 0.5) is 5.69 Å². The number of hydrogen-bond acceptors (Lipinski definition) is 4. The topological polar surface area (TPSA) is 76.7 Å². The van der Waals surface area contributed by atoms with Gasteiger partial charge >= 0.3 is 0 Å². The molecule has 0 bridgehead atoms. The lowest BCUT2D eigenvalue weighted by Gasteiger charge is -2.20. The number of ether oxygens (including phenoxy) is 2. The molecule has 2 aromatic carbocycles. The molecular formula is C23H29ClN2O4. The van der Waals surface area contributed by atoms with Crippen molar-refractivity contribution in [1.29, 1.82) is 0 Å². The fraction of sp³-hybridized carbons (Fsp3) is 0.391. The van der Waals surface area contributed by atoms with E-state index in [1.807, 2.05) is 34.6 Å². The highest BCUT2D eigenvalue weighted by molar-refractivity contribution is 6.32. The molecule has 162 valence electrons. The Kier molecular flexibility index (Phi) is 7.73. The van der Waals surface area contributed by atoms with Crippen LogP contribution in [0, 0.1) is 5.92 Å². The Morgan fingerprint density at radius 2 is 1.67 bits per heavy atom. The van der Waals surface area contributed by atoms with Gasteiger partial charge in [-0.3, -0.25) is 9.59 Å². The zero-order chi connectivity index (χ0) is 22.5. The Balaban J connectivity index is 2.14. The molecule has 6 nitrogen and oxygen atoms in total. The molecule has 0 spiro atoms. The first kappa shape index (κ1) is 23.5. The molecule has 0 atom stereocenters. The van der Waals surface area contributed by atoms with Crippen molar-refractivity contribution in [2.75, 3.05) is 19.0 Å². The number of rotatable bonds is 7. The van der Waals surface area contributed by atoms with E-state index in [9.17, 15) is 9.59 Å². The zero-order valence-electron chi connectivity index (χ0n) is 18.3. The van der Waals surface area contributed by atoms with E-state index in [4.69, 9.17) is 21.1 Å². The number of hydrogen-bond donors (Lipinski definition) is 2. The van der Waals surface area contributed by atoms with Crippen LogP contribution in [0.3, 0.4) is 0 Å². The molecule has 30 heavy (non-hydrogen) atoms. The molecule has 0 saturated heterocycles. The van der Waals surface area contributed by atoms with E-state index >= 15 is 0 Å². The highest BCUT2D eigenvalue weighted by atomic mass is 35.5. The third-order valence-corrected chi connectivity index (χ3v) is 4.23. The van der Waals surface area contributed by atoms with Gasteiger partial charge < -0.3 is 20.1 Å². The molecular weight excluding hydrogens is 404 g/mol. The molecule has 0 radical (unpaired) electrons. The molecule has 0 aliphatic rings. The number of methoxy groups -OCH3 is 1. The van der Waals surface area contributed by atoms with Gasteiger partial charge in [-0.1, -0.05) is 25.4 Å². The summed E-state index contributed by atoms with van der Waals surface area (Å²) >= 11 is 6.32. The van der Waals surface area contributed by atoms with Gasteiger partial charge in [0, 0.05) is 22.4 Å². The van der Waals surface area contributed by atoms with E-state index in [0.717, 1.165) is 0 Å². The van der Waals surface area contributed by atoms with Gasteiger partial charge in [-0.25, -0.2) is 0 Å². The van der Waals surface area contributed by atoms with E-state index in [1.165, 1.54) is 7.11 Å². The minimum atomic E-state index is -0.350. The number of amides is 2. The molecule has 0 heterocycles. The number of halogens is 1. The van der Waals surface area contributed by atoms with Crippen molar-refractivity contribution in [3.8, 4) is 11.5 Å². The molecule has 0 unspecified atom stereocenters. The largest absolute Gasteiger partial charge is 0.493 e. The molecule has 0 fully saturated rings. The summed E-state index contributed by atoms with van der Waals surface area (Å²) in [5.74, 6) is 0.606. The fourth-order valence-corrected chi connectivity index (χ4v) is 2.83. The smallest absolute Gasteiger partial charge is 0.255 e. The van der Waals surface area contributed by atoms with Crippen LogP contribution >= 0.6 is 11.6 Å². The average Bonchev–Trinajstić information content (AvgIpc) is 2.65. The van der Waals surface area contributed by atoms with Gasteiger partial charge in [-0.2, -0.15) is 0 Å². The average molecular weight is 433 g/mol. The lowest BCUT2D eigenvalue weighted by Crippen LogP contribution is -2.40. The molecule has 7 heteroatoms. The normalized spacial score (nSPS) is 11.2. The Labute approximate surface area is 182 Å². The number of nitrogens with one attached hydrogen (secondary N) is 2. The summed E-state index contributed by atoms with van der Waals surface area (Å²) in [7, 11) is 1.50. The van der Waals surface area contributed by atoms with Crippen molar-refractivity contribution in [2.45, 2.75) is 40.2 Å². The molecule has 0 aliphatic carbocycles. The van der Waals surface area contributed by atoms with Crippen molar-refractivity contribution in [3.05, 3.63) is 52.5 Å². The van der Waals surface area contributed by atoms with Crippen LogP contribution in [0.25, 0.3) is 0 Å². The summed E-state index contributed by atoms with van der Waals surface area (Å²) in [5, 5.41) is 5.99. The van der Waals surface area contributed by atoms with E-state index in [-0.39, 0.29) is 17.4 Å².